The average Bonchev–Trinajstić information content (AvgIpc) is 2.63. The lowest BCUT2D eigenvalue weighted by atomic mass is 9.65. The smallest absolute Gasteiger partial charge is 0.225 e. The van der Waals surface area contributed by atoms with Crippen molar-refractivity contribution < 1.29 is 4.79 Å². The van der Waals surface area contributed by atoms with E-state index in [1.807, 2.05) is 0 Å². The molecule has 2 saturated carbocycles. The van der Waals surface area contributed by atoms with Gasteiger partial charge in [-0.05, 0) is 82.6 Å². The molecule has 2 saturated heterocycles. The van der Waals surface area contributed by atoms with Crippen LogP contribution in [0.3, 0.4) is 0 Å². The van der Waals surface area contributed by atoms with Gasteiger partial charge in [-0.1, -0.05) is 12.8 Å². The molecule has 4 unspecified atom stereocenters. The van der Waals surface area contributed by atoms with Crippen molar-refractivity contribution in [3.8, 4) is 0 Å². The normalized spacial score (nSPS) is 41.8. The second kappa shape index (κ2) is 8.18. The minimum atomic E-state index is 0.262. The summed E-state index contributed by atoms with van der Waals surface area (Å²) in [4.78, 5) is 18.2. The van der Waals surface area contributed by atoms with Gasteiger partial charge < -0.3 is 15.5 Å². The van der Waals surface area contributed by atoms with Crippen molar-refractivity contribution in [3.05, 3.63) is 0 Å². The first-order chi connectivity index (χ1) is 12.6. The first-order valence-electron chi connectivity index (χ1n) is 11.4. The zero-order valence-corrected chi connectivity index (χ0v) is 16.7. The predicted molar refractivity (Wildman–Crippen MR) is 106 cm³/mol. The summed E-state index contributed by atoms with van der Waals surface area (Å²) in [5.41, 5.74) is 6.43. The van der Waals surface area contributed by atoms with Crippen molar-refractivity contribution in [2.75, 3.05) is 26.2 Å². The maximum atomic E-state index is 13.3. The van der Waals surface area contributed by atoms with Gasteiger partial charge >= 0.3 is 0 Å². The molecular formula is C22H39N3O. The summed E-state index contributed by atoms with van der Waals surface area (Å²) in [7, 11) is 0. The Labute approximate surface area is 159 Å². The Morgan fingerprint density at radius 3 is 2.46 bits per heavy atom. The highest BCUT2D eigenvalue weighted by molar-refractivity contribution is 5.79. The second-order valence-corrected chi connectivity index (χ2v) is 9.83. The van der Waals surface area contributed by atoms with E-state index >= 15 is 0 Å². The Balaban J connectivity index is 1.33. The second-order valence-electron chi connectivity index (χ2n) is 9.83. The number of carbonyl (C=O) groups excluding carboxylic acids is 1. The van der Waals surface area contributed by atoms with Gasteiger partial charge in [0.15, 0.2) is 0 Å². The summed E-state index contributed by atoms with van der Waals surface area (Å²) < 4.78 is 0. The number of nitrogens with zero attached hydrogens (tertiary/aromatic N) is 2. The third kappa shape index (κ3) is 3.96. The van der Waals surface area contributed by atoms with E-state index in [-0.39, 0.29) is 5.92 Å². The van der Waals surface area contributed by atoms with Crippen LogP contribution < -0.4 is 5.73 Å². The van der Waals surface area contributed by atoms with Gasteiger partial charge in [0.05, 0.1) is 0 Å². The van der Waals surface area contributed by atoms with E-state index in [4.69, 9.17) is 5.73 Å². The van der Waals surface area contributed by atoms with E-state index in [0.29, 0.717) is 29.7 Å². The van der Waals surface area contributed by atoms with E-state index < -0.39 is 0 Å². The van der Waals surface area contributed by atoms with Crippen LogP contribution in [0.4, 0.5) is 0 Å². The standard InChI is InChI=1S/C22H39N3O/c1-16-6-2-3-10-24(16)14-17-7-5-11-25(15-17)22(26)20-12-18-8-4-9-19(13-20)21(18)23/h16-21H,2-15,23H2,1H3. The highest BCUT2D eigenvalue weighted by Crippen LogP contribution is 2.42. The molecule has 0 aromatic carbocycles. The number of hydrogen-bond donors (Lipinski definition) is 1. The molecule has 2 heterocycles. The molecule has 2 aliphatic heterocycles. The summed E-state index contributed by atoms with van der Waals surface area (Å²) in [5.74, 6) is 2.61. The van der Waals surface area contributed by atoms with Gasteiger partial charge in [0.25, 0.3) is 0 Å². The third-order valence-electron chi connectivity index (χ3n) is 8.03. The zero-order chi connectivity index (χ0) is 18.1. The largest absolute Gasteiger partial charge is 0.342 e. The molecule has 2 N–H and O–H groups in total. The number of hydrogen-bond acceptors (Lipinski definition) is 3. The summed E-state index contributed by atoms with van der Waals surface area (Å²) in [6.45, 7) is 6.83. The number of likely N-dealkylation sites (tertiary alicyclic amines) is 2. The molecule has 4 heteroatoms. The summed E-state index contributed by atoms with van der Waals surface area (Å²) >= 11 is 0. The van der Waals surface area contributed by atoms with Crippen LogP contribution in [0.1, 0.15) is 71.1 Å². The van der Waals surface area contributed by atoms with Gasteiger partial charge in [-0.3, -0.25) is 4.79 Å². The van der Waals surface area contributed by atoms with E-state index in [1.54, 1.807) is 0 Å². The molecule has 0 spiro atoms. The van der Waals surface area contributed by atoms with Gasteiger partial charge in [0.1, 0.15) is 0 Å². The maximum Gasteiger partial charge on any atom is 0.225 e. The molecule has 4 rings (SSSR count). The van der Waals surface area contributed by atoms with Crippen molar-refractivity contribution in [3.63, 3.8) is 0 Å². The summed E-state index contributed by atoms with van der Waals surface area (Å²) in [5, 5.41) is 0. The van der Waals surface area contributed by atoms with Crippen LogP contribution in [-0.4, -0.2) is 54.0 Å². The summed E-state index contributed by atoms with van der Waals surface area (Å²) in [6.07, 6.45) is 12.5. The lowest BCUT2D eigenvalue weighted by Crippen LogP contribution is -2.52. The lowest BCUT2D eigenvalue weighted by molar-refractivity contribution is -0.140. The van der Waals surface area contributed by atoms with Crippen LogP contribution in [-0.2, 0) is 4.79 Å². The van der Waals surface area contributed by atoms with Crippen molar-refractivity contribution in [1.29, 1.82) is 0 Å². The number of rotatable bonds is 3. The topological polar surface area (TPSA) is 49.6 Å². The number of nitrogens with two attached hydrogens (primary N) is 1. The monoisotopic (exact) mass is 361 g/mol. The zero-order valence-electron chi connectivity index (χ0n) is 16.7. The third-order valence-corrected chi connectivity index (χ3v) is 8.03. The SMILES string of the molecule is CC1CCCCN1CC1CCCN(C(=O)C2CC3CCCC(C2)C3N)C1. The van der Waals surface area contributed by atoms with Gasteiger partial charge in [0.2, 0.25) is 5.91 Å². The Hall–Kier alpha value is -0.610. The number of carbonyl (C=O) groups is 1. The molecule has 0 radical (unpaired) electrons. The van der Waals surface area contributed by atoms with Crippen molar-refractivity contribution >= 4 is 5.91 Å². The highest BCUT2D eigenvalue weighted by atomic mass is 16.2. The minimum absolute atomic E-state index is 0.262. The lowest BCUT2D eigenvalue weighted by Gasteiger charge is -2.45. The molecule has 1 amide bonds. The van der Waals surface area contributed by atoms with E-state index in [0.717, 1.165) is 32.0 Å². The van der Waals surface area contributed by atoms with Crippen LogP contribution in [0.15, 0.2) is 0 Å². The Morgan fingerprint density at radius 1 is 0.962 bits per heavy atom. The summed E-state index contributed by atoms with van der Waals surface area (Å²) in [6, 6.07) is 1.09. The fourth-order valence-electron chi connectivity index (χ4n) is 6.42. The van der Waals surface area contributed by atoms with Crippen molar-refractivity contribution in [2.24, 2.45) is 29.4 Å². The first-order valence-corrected chi connectivity index (χ1v) is 11.4. The molecule has 2 bridgehead atoms. The van der Waals surface area contributed by atoms with E-state index in [1.165, 1.54) is 64.5 Å². The Morgan fingerprint density at radius 2 is 1.73 bits per heavy atom. The van der Waals surface area contributed by atoms with E-state index in [2.05, 4.69) is 16.7 Å². The van der Waals surface area contributed by atoms with Gasteiger partial charge in [-0.15, -0.1) is 0 Å². The maximum absolute atomic E-state index is 13.3. The molecule has 4 atom stereocenters. The van der Waals surface area contributed by atoms with Crippen LogP contribution >= 0.6 is 0 Å². The first kappa shape index (κ1) is 18.7. The van der Waals surface area contributed by atoms with Gasteiger partial charge in [-0.25, -0.2) is 0 Å². The Kier molecular flexibility index (Phi) is 5.90. The predicted octanol–water partition coefficient (Wildman–Crippen LogP) is 3.25. The molecule has 0 aromatic rings. The van der Waals surface area contributed by atoms with Gasteiger partial charge in [0, 0.05) is 37.6 Å². The fourth-order valence-corrected chi connectivity index (χ4v) is 6.42. The highest BCUT2D eigenvalue weighted by Gasteiger charge is 2.42. The molecule has 0 aromatic heterocycles. The quantitative estimate of drug-likeness (QED) is 0.839. The molecule has 26 heavy (non-hydrogen) atoms. The fraction of sp³-hybridized carbons (Fsp3) is 0.955. The molecule has 4 nitrogen and oxygen atoms in total. The minimum Gasteiger partial charge on any atom is -0.342 e. The molecule has 4 fully saturated rings. The van der Waals surface area contributed by atoms with Crippen molar-refractivity contribution in [2.45, 2.75) is 83.2 Å². The van der Waals surface area contributed by atoms with E-state index in [9.17, 15) is 4.79 Å². The molecule has 148 valence electrons. The van der Waals surface area contributed by atoms with Crippen LogP contribution in [0.25, 0.3) is 0 Å². The molecule has 4 aliphatic rings. The van der Waals surface area contributed by atoms with Crippen LogP contribution in [0.2, 0.25) is 0 Å². The van der Waals surface area contributed by atoms with Gasteiger partial charge in [-0.2, -0.15) is 0 Å². The van der Waals surface area contributed by atoms with Crippen LogP contribution in [0, 0.1) is 23.7 Å². The molecule has 2 aliphatic carbocycles. The van der Waals surface area contributed by atoms with Crippen LogP contribution in [0.5, 0.6) is 0 Å². The average molecular weight is 362 g/mol. The number of amides is 1. The number of piperidine rings is 2. The molecular weight excluding hydrogens is 322 g/mol. The number of fused-ring (bicyclic) bond motifs is 2. The van der Waals surface area contributed by atoms with Crippen molar-refractivity contribution in [1.82, 2.24) is 9.80 Å². The Bertz CT molecular complexity index is 482.